The van der Waals surface area contributed by atoms with Crippen molar-refractivity contribution < 1.29 is 50.3 Å². The summed E-state index contributed by atoms with van der Waals surface area (Å²) in [5, 5.41) is 0. The van der Waals surface area contributed by atoms with E-state index in [1.165, 1.54) is 6.92 Å². The maximum Gasteiger partial charge on any atom is 0.164 e. The van der Waals surface area contributed by atoms with E-state index in [1.54, 1.807) is 0 Å². The largest absolute Gasteiger partial charge is 0.283 e. The van der Waals surface area contributed by atoms with Gasteiger partial charge < -0.3 is 0 Å². The molecular weight excluding hydrogens is 261 g/mol. The monoisotopic (exact) mass is 266 g/mol. The van der Waals surface area contributed by atoms with Gasteiger partial charge in [0.2, 0.25) is 0 Å². The molecule has 1 aromatic carbocycles. The normalized spacial score (nSPS) is 9.31. The van der Waals surface area contributed by atoms with E-state index in [2.05, 4.69) is 0 Å². The molecule has 0 saturated carbocycles. The van der Waals surface area contributed by atoms with E-state index in [1.807, 2.05) is 0 Å². The molecule has 0 spiro atoms. The second-order valence-corrected chi connectivity index (χ2v) is 2.36. The van der Waals surface area contributed by atoms with Gasteiger partial charge in [-0.25, -0.2) is 0 Å². The smallest absolute Gasteiger partial charge is 0.164 e. The predicted molar refractivity (Wildman–Crippen MR) is 35.7 cm³/mol. The predicted octanol–water partition coefficient (Wildman–Crippen LogP) is 3.05. The van der Waals surface area contributed by atoms with E-state index in [4.69, 9.17) is 0 Å². The summed E-state index contributed by atoms with van der Waals surface area (Å²) in [6, 6.07) is 1.72. The van der Waals surface area contributed by atoms with Crippen LogP contribution in [0.5, 0.6) is 0 Å². The van der Waals surface area contributed by atoms with Gasteiger partial charge in [0.15, 0.2) is 6.43 Å². The number of hydrogen-bond donors (Lipinski definition) is 0. The summed E-state index contributed by atoms with van der Waals surface area (Å²) < 4.78 is 49.0. The van der Waals surface area contributed by atoms with Gasteiger partial charge in [-0.3, -0.25) is 17.6 Å². The summed E-state index contributed by atoms with van der Waals surface area (Å²) >= 11 is 0. The van der Waals surface area contributed by atoms with Crippen LogP contribution >= 0.6 is 0 Å². The van der Waals surface area contributed by atoms with Crippen molar-refractivity contribution >= 4 is 0 Å². The number of hydrogen-bond acceptors (Lipinski definition) is 0. The molecule has 0 aliphatic carbocycles. The van der Waals surface area contributed by atoms with Crippen molar-refractivity contribution in [1.29, 1.82) is 0 Å². The second kappa shape index (κ2) is 4.96. The van der Waals surface area contributed by atoms with Gasteiger partial charge in [-0.1, -0.05) is 23.3 Å². The van der Waals surface area contributed by atoms with E-state index >= 15 is 0 Å². The van der Waals surface area contributed by atoms with Crippen LogP contribution in [-0.4, -0.2) is 0 Å². The summed E-state index contributed by atoms with van der Waals surface area (Å²) in [6.45, 7) is 1.42. The third-order valence-electron chi connectivity index (χ3n) is 1.38. The van der Waals surface area contributed by atoms with Crippen LogP contribution in [0.1, 0.15) is 11.1 Å². The topological polar surface area (TPSA) is 0 Å². The SMILES string of the molecule is Cc1cc(F)c([C-](F)F)c(F)c1.[Y]. The Bertz CT molecular complexity index is 275. The quantitative estimate of drug-likeness (QED) is 0.541. The maximum absolute atomic E-state index is 12.6. The summed E-state index contributed by atoms with van der Waals surface area (Å²) in [5.74, 6) is -2.46. The van der Waals surface area contributed by atoms with E-state index in [0.717, 1.165) is 12.1 Å². The van der Waals surface area contributed by atoms with Crippen molar-refractivity contribution in [2.24, 2.45) is 0 Å². The average Bonchev–Trinajstić information content (AvgIpc) is 1.82. The van der Waals surface area contributed by atoms with Gasteiger partial charge in [0.25, 0.3) is 0 Å². The number of rotatable bonds is 1. The fraction of sp³-hybridized carbons (Fsp3) is 0.125. The van der Waals surface area contributed by atoms with Gasteiger partial charge in [-0.2, -0.15) is 0 Å². The minimum atomic E-state index is -2.34. The first-order valence-corrected chi connectivity index (χ1v) is 3.16. The van der Waals surface area contributed by atoms with E-state index < -0.39 is 23.6 Å². The molecule has 0 atom stereocenters. The molecule has 0 heterocycles. The second-order valence-electron chi connectivity index (χ2n) is 2.36. The van der Waals surface area contributed by atoms with Crippen molar-refractivity contribution in [2.75, 3.05) is 0 Å². The molecule has 1 aromatic rings. The van der Waals surface area contributed by atoms with Gasteiger partial charge in [-0.05, 0) is 6.92 Å². The number of aryl methyl sites for hydroxylation is 1. The Balaban J connectivity index is 0.00000144. The fourth-order valence-electron chi connectivity index (χ4n) is 0.880. The standard InChI is InChI=1S/C8H5F4.Y/c1-4-2-5(9)7(8(11)12)6(10)3-4;/h2-3H,1H3;/q-1;. The Hall–Kier alpha value is -0.0861. The van der Waals surface area contributed by atoms with Crippen LogP contribution in [0.3, 0.4) is 0 Å². The molecule has 0 aliphatic rings. The molecule has 0 aliphatic heterocycles. The zero-order chi connectivity index (χ0) is 9.30. The van der Waals surface area contributed by atoms with Gasteiger partial charge in [-0.15, -0.1) is 0 Å². The van der Waals surface area contributed by atoms with Gasteiger partial charge >= 0.3 is 0 Å². The first kappa shape index (κ1) is 12.9. The summed E-state index contributed by atoms with van der Waals surface area (Å²) in [5.41, 5.74) is -0.962. The van der Waals surface area contributed by atoms with E-state index in [0.29, 0.717) is 0 Å². The molecule has 0 unspecified atom stereocenters. The minimum absolute atomic E-state index is 0. The van der Waals surface area contributed by atoms with Crippen LogP contribution < -0.4 is 0 Å². The summed E-state index contributed by atoms with van der Waals surface area (Å²) in [4.78, 5) is 0. The molecule has 0 saturated heterocycles. The van der Waals surface area contributed by atoms with Gasteiger partial charge in [0.05, 0.1) is 0 Å². The zero-order valence-electron chi connectivity index (χ0n) is 6.74. The van der Waals surface area contributed by atoms with Crippen LogP contribution in [-0.2, 0) is 32.7 Å². The average molecular weight is 266 g/mol. The Morgan fingerprint density at radius 3 is 1.77 bits per heavy atom. The van der Waals surface area contributed by atoms with Crippen molar-refractivity contribution in [1.82, 2.24) is 0 Å². The van der Waals surface area contributed by atoms with Crippen molar-refractivity contribution in [3.63, 3.8) is 0 Å². The third-order valence-corrected chi connectivity index (χ3v) is 1.38. The first-order valence-electron chi connectivity index (χ1n) is 3.16. The van der Waals surface area contributed by atoms with Crippen LogP contribution in [0.2, 0.25) is 0 Å². The fourth-order valence-corrected chi connectivity index (χ4v) is 0.880. The molecular formula is C8H5F4Y-. The maximum atomic E-state index is 12.6. The molecule has 0 fully saturated rings. The molecule has 13 heavy (non-hydrogen) atoms. The van der Waals surface area contributed by atoms with Crippen molar-refractivity contribution in [3.05, 3.63) is 41.3 Å². The molecule has 0 N–H and O–H groups in total. The third kappa shape index (κ3) is 2.95. The molecule has 0 aromatic heterocycles. The van der Waals surface area contributed by atoms with Crippen LogP contribution in [0.15, 0.2) is 12.1 Å². The van der Waals surface area contributed by atoms with Crippen molar-refractivity contribution in [2.45, 2.75) is 6.92 Å². The van der Waals surface area contributed by atoms with Crippen LogP contribution in [0, 0.1) is 25.0 Å². The van der Waals surface area contributed by atoms with Crippen molar-refractivity contribution in [3.8, 4) is 0 Å². The minimum Gasteiger partial charge on any atom is -0.283 e. The molecule has 0 amide bonds. The Morgan fingerprint density at radius 1 is 1.08 bits per heavy atom. The van der Waals surface area contributed by atoms with E-state index in [-0.39, 0.29) is 38.3 Å². The van der Waals surface area contributed by atoms with Gasteiger partial charge in [0.1, 0.15) is 0 Å². The summed E-state index contributed by atoms with van der Waals surface area (Å²) in [7, 11) is 0. The Morgan fingerprint density at radius 2 is 1.46 bits per heavy atom. The Labute approximate surface area is 98.2 Å². The zero-order valence-corrected chi connectivity index (χ0v) is 9.58. The molecule has 1 rings (SSSR count). The van der Waals surface area contributed by atoms with Crippen LogP contribution in [0.4, 0.5) is 17.6 Å². The summed E-state index contributed by atoms with van der Waals surface area (Å²) in [6.07, 6.45) is -2.34. The first-order chi connectivity index (χ1) is 5.52. The van der Waals surface area contributed by atoms with Gasteiger partial charge in [0, 0.05) is 44.3 Å². The number of benzene rings is 1. The molecule has 5 heteroatoms. The molecule has 69 valence electrons. The Kier molecular flexibility index (Phi) is 4.93. The molecule has 1 radical (unpaired) electrons. The molecule has 0 bridgehead atoms. The molecule has 0 nitrogen and oxygen atoms in total. The number of halogens is 4. The van der Waals surface area contributed by atoms with E-state index in [9.17, 15) is 17.6 Å². The van der Waals surface area contributed by atoms with Crippen LogP contribution in [0.25, 0.3) is 0 Å².